The molecule has 2 aromatic rings. The summed E-state index contributed by atoms with van der Waals surface area (Å²) in [4.78, 5) is 26.2. The first-order valence-corrected chi connectivity index (χ1v) is 8.60. The maximum atomic E-state index is 12.9. The zero-order valence-electron chi connectivity index (χ0n) is 14.7. The van der Waals surface area contributed by atoms with Gasteiger partial charge < -0.3 is 19.7 Å². The maximum Gasteiger partial charge on any atom is 0.254 e. The number of nitrogens with zero attached hydrogens (tertiary/aromatic N) is 1. The largest absolute Gasteiger partial charge is 0.486 e. The molecule has 2 atom stereocenters. The number of amides is 2. The van der Waals surface area contributed by atoms with Crippen LogP contribution in [0.25, 0.3) is 0 Å². The fourth-order valence-corrected chi connectivity index (χ4v) is 3.45. The lowest BCUT2D eigenvalue weighted by Gasteiger charge is -2.30. The molecule has 2 aliphatic heterocycles. The van der Waals surface area contributed by atoms with Gasteiger partial charge in [0.25, 0.3) is 5.91 Å². The van der Waals surface area contributed by atoms with Crippen molar-refractivity contribution < 1.29 is 19.1 Å². The van der Waals surface area contributed by atoms with E-state index in [9.17, 15) is 9.59 Å². The third-order valence-electron chi connectivity index (χ3n) is 4.60. The molecule has 6 heteroatoms. The van der Waals surface area contributed by atoms with E-state index in [4.69, 9.17) is 9.47 Å². The van der Waals surface area contributed by atoms with Gasteiger partial charge in [-0.3, -0.25) is 9.59 Å². The second-order valence-electron chi connectivity index (χ2n) is 6.64. The Morgan fingerprint density at radius 3 is 2.77 bits per heavy atom. The first kappa shape index (κ1) is 16.4. The number of rotatable bonds is 3. The summed E-state index contributed by atoms with van der Waals surface area (Å²) in [7, 11) is 0. The number of ether oxygens (including phenoxy) is 2. The van der Waals surface area contributed by atoms with Crippen LogP contribution in [0.15, 0.2) is 42.5 Å². The third kappa shape index (κ3) is 2.87. The highest BCUT2D eigenvalue weighted by molar-refractivity contribution is 6.06. The number of aryl methyl sites for hydroxylation is 1. The molecule has 0 aliphatic carbocycles. The number of fused-ring (bicyclic) bond motifs is 2. The topological polar surface area (TPSA) is 67.9 Å². The van der Waals surface area contributed by atoms with Crippen LogP contribution in [-0.2, 0) is 9.59 Å². The highest BCUT2D eigenvalue weighted by atomic mass is 16.6. The van der Waals surface area contributed by atoms with Crippen molar-refractivity contribution in [2.24, 2.45) is 0 Å². The molecule has 0 aromatic heterocycles. The zero-order valence-corrected chi connectivity index (χ0v) is 14.7. The van der Waals surface area contributed by atoms with Gasteiger partial charge in [0.15, 0.2) is 17.6 Å². The molecule has 0 bridgehead atoms. The average molecular weight is 352 g/mol. The number of benzene rings is 2. The van der Waals surface area contributed by atoms with Gasteiger partial charge in [-0.2, -0.15) is 0 Å². The van der Waals surface area contributed by atoms with Gasteiger partial charge in [0.1, 0.15) is 12.6 Å². The van der Waals surface area contributed by atoms with Crippen LogP contribution >= 0.6 is 0 Å². The summed E-state index contributed by atoms with van der Waals surface area (Å²) in [5.41, 5.74) is 2.67. The number of carbonyl (C=O) groups is 2. The lowest BCUT2D eigenvalue weighted by Crippen LogP contribution is -2.44. The Balaban J connectivity index is 1.59. The molecule has 26 heavy (non-hydrogen) atoms. The van der Waals surface area contributed by atoms with Crippen LogP contribution in [0.2, 0.25) is 0 Å². The van der Waals surface area contributed by atoms with Crippen molar-refractivity contribution in [1.29, 1.82) is 0 Å². The molecule has 6 nitrogen and oxygen atoms in total. The summed E-state index contributed by atoms with van der Waals surface area (Å²) in [5.74, 6) is 1.01. The van der Waals surface area contributed by atoms with Crippen molar-refractivity contribution in [1.82, 2.24) is 5.32 Å². The average Bonchev–Trinajstić information content (AvgIpc) is 2.86. The normalized spacial score (nSPS) is 20.7. The van der Waals surface area contributed by atoms with E-state index in [2.05, 4.69) is 5.32 Å². The Bertz CT molecular complexity index is 880. The molecule has 2 aliphatic rings. The van der Waals surface area contributed by atoms with E-state index in [1.54, 1.807) is 4.90 Å². The van der Waals surface area contributed by atoms with Crippen molar-refractivity contribution in [2.45, 2.75) is 26.0 Å². The van der Waals surface area contributed by atoms with Crippen LogP contribution in [0.1, 0.15) is 24.1 Å². The van der Waals surface area contributed by atoms with Crippen molar-refractivity contribution >= 4 is 17.5 Å². The fourth-order valence-electron chi connectivity index (χ4n) is 3.45. The van der Waals surface area contributed by atoms with Crippen LogP contribution < -0.4 is 19.7 Å². The Labute approximate surface area is 151 Å². The minimum atomic E-state index is -0.654. The smallest absolute Gasteiger partial charge is 0.254 e. The van der Waals surface area contributed by atoms with Gasteiger partial charge in [0.2, 0.25) is 5.91 Å². The van der Waals surface area contributed by atoms with Gasteiger partial charge in [-0.25, -0.2) is 0 Å². The second-order valence-corrected chi connectivity index (χ2v) is 6.64. The van der Waals surface area contributed by atoms with Crippen LogP contribution in [-0.4, -0.2) is 31.1 Å². The monoisotopic (exact) mass is 352 g/mol. The van der Waals surface area contributed by atoms with E-state index >= 15 is 0 Å². The summed E-state index contributed by atoms with van der Waals surface area (Å²) in [6.07, 6.45) is -0.279. The van der Waals surface area contributed by atoms with Crippen molar-refractivity contribution in [3.63, 3.8) is 0 Å². The Morgan fingerprint density at radius 1 is 1.23 bits per heavy atom. The standard InChI is InChI=1S/C20H20N2O4/c1-12-7-8-16-15(9-12)19(21-13(2)23)20(24)22(16)10-14-11-25-17-5-3-4-6-18(17)26-14/h3-9,14,19H,10-11H2,1-2H3,(H,21,23)/t14-,19+/m0/s1. The molecule has 0 radical (unpaired) electrons. The Kier molecular flexibility index (Phi) is 4.03. The molecule has 2 aromatic carbocycles. The van der Waals surface area contributed by atoms with Crippen molar-refractivity contribution in [2.75, 3.05) is 18.1 Å². The number of para-hydroxylation sites is 2. The number of hydrogen-bond acceptors (Lipinski definition) is 4. The summed E-state index contributed by atoms with van der Waals surface area (Å²) in [5, 5.41) is 2.76. The number of carbonyl (C=O) groups excluding carboxylic acids is 2. The van der Waals surface area contributed by atoms with Crippen LogP contribution in [0.4, 0.5) is 5.69 Å². The first-order valence-electron chi connectivity index (χ1n) is 8.60. The first-order chi connectivity index (χ1) is 12.5. The maximum absolute atomic E-state index is 12.9. The van der Waals surface area contributed by atoms with Gasteiger partial charge >= 0.3 is 0 Å². The Morgan fingerprint density at radius 2 is 2.00 bits per heavy atom. The van der Waals surface area contributed by atoms with E-state index in [-0.39, 0.29) is 17.9 Å². The highest BCUT2D eigenvalue weighted by Crippen LogP contribution is 2.38. The molecule has 2 amide bonds. The predicted molar refractivity (Wildman–Crippen MR) is 96.4 cm³/mol. The molecule has 4 rings (SSSR count). The molecule has 0 fully saturated rings. The minimum Gasteiger partial charge on any atom is -0.486 e. The van der Waals surface area contributed by atoms with Crippen molar-refractivity contribution in [3.8, 4) is 11.5 Å². The summed E-state index contributed by atoms with van der Waals surface area (Å²) < 4.78 is 11.7. The van der Waals surface area contributed by atoms with Gasteiger partial charge in [0, 0.05) is 18.2 Å². The fraction of sp³-hybridized carbons (Fsp3) is 0.300. The van der Waals surface area contributed by atoms with E-state index in [0.717, 1.165) is 16.8 Å². The van der Waals surface area contributed by atoms with Gasteiger partial charge in [-0.05, 0) is 25.1 Å². The number of hydrogen-bond donors (Lipinski definition) is 1. The molecule has 0 saturated carbocycles. The SMILES string of the molecule is CC(=O)N[C@H]1C(=O)N(C[C@H]2COc3ccccc3O2)c2ccc(C)cc21. The van der Waals surface area contributed by atoms with Crippen LogP contribution in [0.5, 0.6) is 11.5 Å². The lowest BCUT2D eigenvalue weighted by atomic mass is 10.1. The van der Waals surface area contributed by atoms with Crippen LogP contribution in [0, 0.1) is 6.92 Å². The van der Waals surface area contributed by atoms with E-state index in [0.29, 0.717) is 24.7 Å². The molecular weight excluding hydrogens is 332 g/mol. The predicted octanol–water partition coefficient (Wildman–Crippen LogP) is 2.36. The third-order valence-corrected chi connectivity index (χ3v) is 4.60. The van der Waals surface area contributed by atoms with E-state index in [1.807, 2.05) is 49.4 Å². The molecular formula is C20H20N2O4. The number of anilines is 1. The summed E-state index contributed by atoms with van der Waals surface area (Å²) in [6.45, 7) is 4.11. The van der Waals surface area contributed by atoms with E-state index in [1.165, 1.54) is 6.92 Å². The van der Waals surface area contributed by atoms with Gasteiger partial charge in [0.05, 0.1) is 6.54 Å². The zero-order chi connectivity index (χ0) is 18.3. The van der Waals surface area contributed by atoms with Gasteiger partial charge in [-0.15, -0.1) is 0 Å². The second kappa shape index (κ2) is 6.37. The highest BCUT2D eigenvalue weighted by Gasteiger charge is 2.39. The van der Waals surface area contributed by atoms with Crippen molar-refractivity contribution in [3.05, 3.63) is 53.6 Å². The Hall–Kier alpha value is -3.02. The molecule has 0 unspecified atom stereocenters. The lowest BCUT2D eigenvalue weighted by molar-refractivity contribution is -0.126. The molecule has 0 saturated heterocycles. The number of nitrogens with one attached hydrogen (secondary N) is 1. The molecule has 2 heterocycles. The summed E-state index contributed by atoms with van der Waals surface area (Å²) in [6, 6.07) is 12.7. The van der Waals surface area contributed by atoms with E-state index < -0.39 is 6.04 Å². The van der Waals surface area contributed by atoms with Gasteiger partial charge in [-0.1, -0.05) is 29.8 Å². The minimum absolute atomic E-state index is 0.150. The summed E-state index contributed by atoms with van der Waals surface area (Å²) >= 11 is 0. The molecule has 134 valence electrons. The molecule has 0 spiro atoms. The quantitative estimate of drug-likeness (QED) is 0.921. The molecule has 1 N–H and O–H groups in total. The van der Waals surface area contributed by atoms with Crippen LogP contribution in [0.3, 0.4) is 0 Å².